The number of nitrogens with zero attached hydrogens (tertiary/aromatic N) is 3. The number of aryl methyl sites for hydroxylation is 1. The number of carbonyl (C=O) groups excluding carboxylic acids is 2. The first-order valence-electron chi connectivity index (χ1n) is 11.9. The lowest BCUT2D eigenvalue weighted by molar-refractivity contribution is -0.113. The number of hydrogen-bond donors (Lipinski definition) is 1. The van der Waals surface area contributed by atoms with Crippen LogP contribution in [0.25, 0.3) is 0 Å². The van der Waals surface area contributed by atoms with E-state index in [2.05, 4.69) is 31.4 Å². The summed E-state index contributed by atoms with van der Waals surface area (Å²) in [5.74, 6) is 0.961. The summed E-state index contributed by atoms with van der Waals surface area (Å²) in [7, 11) is 1.85. The van der Waals surface area contributed by atoms with Gasteiger partial charge in [-0.2, -0.15) is 0 Å². The molecule has 0 saturated heterocycles. The number of esters is 1. The molecule has 0 saturated carbocycles. The molecule has 1 atom stereocenters. The maximum Gasteiger partial charge on any atom is 0.341 e. The Balaban J connectivity index is 1.41. The molecule has 3 aromatic rings. The van der Waals surface area contributed by atoms with Crippen LogP contribution in [-0.4, -0.2) is 39.0 Å². The lowest BCUT2D eigenvalue weighted by Crippen LogP contribution is -2.17. The Bertz CT molecular complexity index is 1230. The highest BCUT2D eigenvalue weighted by atomic mass is 79.9. The molecule has 1 aliphatic rings. The second kappa shape index (κ2) is 12.2. The number of amides is 1. The van der Waals surface area contributed by atoms with E-state index in [4.69, 9.17) is 9.47 Å². The van der Waals surface area contributed by atoms with Gasteiger partial charge in [-0.05, 0) is 69.4 Å². The van der Waals surface area contributed by atoms with Crippen molar-refractivity contribution < 1.29 is 19.1 Å². The number of nitrogens with one attached hydrogen (secondary N) is 1. The Morgan fingerprint density at radius 3 is 2.69 bits per heavy atom. The molecule has 1 N–H and O–H groups in total. The van der Waals surface area contributed by atoms with Gasteiger partial charge in [-0.3, -0.25) is 4.79 Å². The van der Waals surface area contributed by atoms with E-state index in [1.165, 1.54) is 28.0 Å². The van der Waals surface area contributed by atoms with E-state index in [9.17, 15) is 9.59 Å². The van der Waals surface area contributed by atoms with Crippen LogP contribution < -0.4 is 10.1 Å². The zero-order valence-electron chi connectivity index (χ0n) is 20.5. The molecule has 36 heavy (non-hydrogen) atoms. The smallest absolute Gasteiger partial charge is 0.341 e. The van der Waals surface area contributed by atoms with Crippen molar-refractivity contribution in [3.63, 3.8) is 0 Å². The Labute approximate surface area is 227 Å². The van der Waals surface area contributed by atoms with Crippen LogP contribution in [0, 0.1) is 0 Å². The summed E-state index contributed by atoms with van der Waals surface area (Å²) in [5.41, 5.74) is 1.56. The number of anilines is 1. The van der Waals surface area contributed by atoms with Gasteiger partial charge in [-0.1, -0.05) is 34.1 Å². The molecule has 1 aliphatic carbocycles. The Kier molecular flexibility index (Phi) is 9.08. The van der Waals surface area contributed by atoms with Crippen LogP contribution >= 0.6 is 39.0 Å². The number of halogens is 1. The van der Waals surface area contributed by atoms with Gasteiger partial charge in [0.15, 0.2) is 17.1 Å². The highest BCUT2D eigenvalue weighted by Gasteiger charge is 2.27. The number of carbonyl (C=O) groups is 2. The third-order valence-electron chi connectivity index (χ3n) is 5.84. The topological polar surface area (TPSA) is 95.3 Å². The summed E-state index contributed by atoms with van der Waals surface area (Å²) in [4.78, 5) is 26.8. The number of hydrogen-bond acceptors (Lipinski definition) is 8. The van der Waals surface area contributed by atoms with Crippen molar-refractivity contribution in [1.82, 2.24) is 14.8 Å². The van der Waals surface area contributed by atoms with Gasteiger partial charge >= 0.3 is 5.97 Å². The Morgan fingerprint density at radius 2 is 1.94 bits per heavy atom. The first-order chi connectivity index (χ1) is 17.4. The number of benzene rings is 1. The fourth-order valence-corrected chi connectivity index (χ4v) is 6.39. The first kappa shape index (κ1) is 26.7. The van der Waals surface area contributed by atoms with Crippen molar-refractivity contribution in [3.8, 4) is 5.75 Å². The van der Waals surface area contributed by atoms with Gasteiger partial charge in [0.05, 0.1) is 17.9 Å². The third-order valence-corrected chi connectivity index (χ3v) is 8.60. The van der Waals surface area contributed by atoms with Gasteiger partial charge in [-0.15, -0.1) is 21.5 Å². The highest BCUT2D eigenvalue weighted by molar-refractivity contribution is 9.10. The molecule has 2 aromatic heterocycles. The maximum atomic E-state index is 12.9. The second-order valence-corrected chi connectivity index (χ2v) is 11.4. The summed E-state index contributed by atoms with van der Waals surface area (Å²) < 4.78 is 14.1. The second-order valence-electron chi connectivity index (χ2n) is 8.44. The van der Waals surface area contributed by atoms with Crippen LogP contribution in [0.1, 0.15) is 65.8 Å². The lowest BCUT2D eigenvalue weighted by atomic mass is 10.1. The molecule has 192 valence electrons. The van der Waals surface area contributed by atoms with Crippen molar-refractivity contribution in [2.24, 2.45) is 7.05 Å². The van der Waals surface area contributed by atoms with Gasteiger partial charge in [0.2, 0.25) is 5.91 Å². The van der Waals surface area contributed by atoms with E-state index in [1.54, 1.807) is 6.92 Å². The minimum absolute atomic E-state index is 0.138. The Hall–Kier alpha value is -2.37. The fraction of sp³-hybridized carbons (Fsp3) is 0.440. The van der Waals surface area contributed by atoms with Crippen molar-refractivity contribution in [1.29, 1.82) is 0 Å². The van der Waals surface area contributed by atoms with E-state index in [0.29, 0.717) is 28.2 Å². The van der Waals surface area contributed by atoms with E-state index in [0.717, 1.165) is 47.9 Å². The molecule has 1 unspecified atom stereocenters. The number of thiophene rings is 1. The van der Waals surface area contributed by atoms with Gasteiger partial charge in [0, 0.05) is 16.4 Å². The lowest BCUT2D eigenvalue weighted by Gasteiger charge is -2.14. The molecule has 8 nitrogen and oxygen atoms in total. The molecule has 1 amide bonds. The zero-order valence-corrected chi connectivity index (χ0v) is 23.7. The van der Waals surface area contributed by atoms with Crippen LogP contribution in [0.2, 0.25) is 0 Å². The molecule has 4 rings (SSSR count). The van der Waals surface area contributed by atoms with Crippen molar-refractivity contribution >= 4 is 55.9 Å². The average molecular weight is 594 g/mol. The molecule has 2 heterocycles. The predicted molar refractivity (Wildman–Crippen MR) is 145 cm³/mol. The number of aromatic nitrogens is 3. The molecule has 1 aromatic carbocycles. The fourth-order valence-electron chi connectivity index (χ4n) is 4.12. The van der Waals surface area contributed by atoms with Gasteiger partial charge in [0.1, 0.15) is 10.8 Å². The summed E-state index contributed by atoms with van der Waals surface area (Å²) in [6.45, 7) is 3.99. The monoisotopic (exact) mass is 592 g/mol. The first-order valence-corrected chi connectivity index (χ1v) is 14.5. The largest absolute Gasteiger partial charge is 0.483 e. The quantitative estimate of drug-likeness (QED) is 0.186. The van der Waals surface area contributed by atoms with E-state index < -0.39 is 0 Å². The minimum Gasteiger partial charge on any atom is -0.483 e. The van der Waals surface area contributed by atoms with Gasteiger partial charge in [-0.25, -0.2) is 4.79 Å². The third kappa shape index (κ3) is 6.30. The van der Waals surface area contributed by atoms with Crippen molar-refractivity contribution in [2.75, 3.05) is 17.7 Å². The molecule has 11 heteroatoms. The summed E-state index contributed by atoms with van der Waals surface area (Å²) in [5, 5.41) is 12.7. The zero-order chi connectivity index (χ0) is 25.7. The maximum absolute atomic E-state index is 12.9. The minimum atomic E-state index is -0.363. The number of ether oxygens (including phenoxy) is 2. The average Bonchev–Trinajstić information content (AvgIpc) is 3.30. The Morgan fingerprint density at radius 1 is 1.19 bits per heavy atom. The highest BCUT2D eigenvalue weighted by Crippen LogP contribution is 2.38. The summed E-state index contributed by atoms with van der Waals surface area (Å²) in [6, 6.07) is 7.59. The number of thioether (sulfide) groups is 1. The number of rotatable bonds is 9. The van der Waals surface area contributed by atoms with Crippen molar-refractivity contribution in [3.05, 3.63) is 50.6 Å². The molecule has 0 spiro atoms. The standard InChI is InChI=1S/C25H29BrN4O4S2/c1-4-33-24(32)21-18-8-6-5-7-9-19(18)36-23(21)27-20(31)14-35-25-29-28-22(30(25)3)15(2)34-17-12-10-16(26)11-13-17/h10-13,15H,4-9,14H2,1-3H3,(H,27,31). The molecular formula is C25H29BrN4O4S2. The molecule has 0 fully saturated rings. The summed E-state index contributed by atoms with van der Waals surface area (Å²) in [6.07, 6.45) is 4.73. The van der Waals surface area contributed by atoms with Crippen LogP contribution in [0.4, 0.5) is 5.00 Å². The molecule has 0 bridgehead atoms. The van der Waals surface area contributed by atoms with Crippen LogP contribution in [-0.2, 0) is 29.4 Å². The summed E-state index contributed by atoms with van der Waals surface area (Å²) >= 11 is 6.20. The number of fused-ring (bicyclic) bond motifs is 1. The van der Waals surface area contributed by atoms with Gasteiger partial charge in [0.25, 0.3) is 0 Å². The molecule has 0 aliphatic heterocycles. The van der Waals surface area contributed by atoms with Crippen LogP contribution in [0.5, 0.6) is 5.75 Å². The normalized spacial score (nSPS) is 14.0. The van der Waals surface area contributed by atoms with Crippen LogP contribution in [0.15, 0.2) is 33.9 Å². The van der Waals surface area contributed by atoms with E-state index >= 15 is 0 Å². The van der Waals surface area contributed by atoms with E-state index in [-0.39, 0.29) is 23.7 Å². The molecular weight excluding hydrogens is 564 g/mol. The van der Waals surface area contributed by atoms with Crippen LogP contribution in [0.3, 0.4) is 0 Å². The molecule has 0 radical (unpaired) electrons. The SMILES string of the molecule is CCOC(=O)c1c(NC(=O)CSc2nnc(C(C)Oc3ccc(Br)cc3)n2C)sc2c1CCCCC2. The van der Waals surface area contributed by atoms with Gasteiger partial charge < -0.3 is 19.4 Å². The van der Waals surface area contributed by atoms with Crippen molar-refractivity contribution in [2.45, 2.75) is 57.2 Å². The van der Waals surface area contributed by atoms with E-state index in [1.807, 2.05) is 42.8 Å². The predicted octanol–water partition coefficient (Wildman–Crippen LogP) is 5.96.